The zero-order chi connectivity index (χ0) is 15.0. The Balaban J connectivity index is 2.31. The average molecular weight is 291 g/mol. The summed E-state index contributed by atoms with van der Waals surface area (Å²) in [7, 11) is 0. The predicted molar refractivity (Wildman–Crippen MR) is 69.2 cm³/mol. The summed E-state index contributed by atoms with van der Waals surface area (Å²) in [5.41, 5.74) is 13.7. The minimum Gasteiger partial charge on any atom is -0.673 e. The van der Waals surface area contributed by atoms with E-state index in [2.05, 4.69) is 4.74 Å². The van der Waals surface area contributed by atoms with Crippen molar-refractivity contribution in [3.63, 3.8) is 0 Å². The molecule has 0 saturated carbocycles. The van der Waals surface area contributed by atoms with Gasteiger partial charge in [-0.15, -0.1) is 19.2 Å². The summed E-state index contributed by atoms with van der Waals surface area (Å²) < 4.78 is 45.0. The quantitative estimate of drug-likeness (QED) is 0.799. The fraction of sp³-hybridized carbons (Fsp3) is 0.538. The lowest BCUT2D eigenvalue weighted by Crippen LogP contribution is -2.17. The van der Waals surface area contributed by atoms with Crippen molar-refractivity contribution < 1.29 is 22.6 Å². The Hall–Kier alpha value is -1.31. The van der Waals surface area contributed by atoms with Crippen LogP contribution in [-0.4, -0.2) is 25.6 Å². The molecule has 0 spiro atoms. The summed E-state index contributed by atoms with van der Waals surface area (Å²) >= 11 is 0. The number of hydrogen-bond donors (Lipinski definition) is 1. The van der Waals surface area contributed by atoms with Crippen LogP contribution < -0.4 is 10.5 Å². The van der Waals surface area contributed by atoms with Crippen LogP contribution in [0, 0.1) is 0 Å². The van der Waals surface area contributed by atoms with Crippen LogP contribution in [0.1, 0.15) is 18.4 Å². The maximum Gasteiger partial charge on any atom is 0.573 e. The van der Waals surface area contributed by atoms with Crippen molar-refractivity contribution in [2.45, 2.75) is 31.9 Å². The molecule has 0 amide bonds. The second-order valence-electron chi connectivity index (χ2n) is 4.33. The molecule has 0 saturated heterocycles. The van der Waals surface area contributed by atoms with Gasteiger partial charge >= 0.3 is 6.36 Å². The number of alkyl halides is 3. The lowest BCUT2D eigenvalue weighted by molar-refractivity contribution is -0.274. The molecule has 0 heterocycles. The molecule has 0 aliphatic heterocycles. The van der Waals surface area contributed by atoms with Crippen molar-refractivity contribution in [3.8, 4) is 5.75 Å². The first-order valence-electron chi connectivity index (χ1n) is 6.24. The summed E-state index contributed by atoms with van der Waals surface area (Å²) in [5.74, 6) is -0.262. The van der Waals surface area contributed by atoms with E-state index in [-0.39, 0.29) is 25.0 Å². The largest absolute Gasteiger partial charge is 0.673 e. The lowest BCUT2D eigenvalue weighted by atomic mass is 10.2. The van der Waals surface area contributed by atoms with Gasteiger partial charge in [0.15, 0.2) is 0 Å². The Morgan fingerprint density at radius 3 is 2.40 bits per heavy atom. The Kier molecular flexibility index (Phi) is 6.77. The lowest BCUT2D eigenvalue weighted by Gasteiger charge is -2.19. The number of hydrogen-bond acceptors (Lipinski definition) is 3. The molecule has 3 N–H and O–H groups in total. The minimum absolute atomic E-state index is 0.254. The summed E-state index contributed by atoms with van der Waals surface area (Å²) in [4.78, 5) is 0. The molecule has 4 nitrogen and oxygen atoms in total. The van der Waals surface area contributed by atoms with Crippen LogP contribution in [-0.2, 0) is 11.3 Å². The van der Waals surface area contributed by atoms with E-state index in [1.54, 1.807) is 0 Å². The number of ether oxygens (including phenoxy) is 2. The van der Waals surface area contributed by atoms with Crippen LogP contribution in [0.3, 0.4) is 0 Å². The molecule has 1 aromatic carbocycles. The molecular weight excluding hydrogens is 273 g/mol. The number of halogens is 3. The third-order valence-corrected chi connectivity index (χ3v) is 2.50. The highest BCUT2D eigenvalue weighted by Gasteiger charge is 2.30. The molecule has 114 valence electrons. The molecule has 0 radical (unpaired) electrons. The van der Waals surface area contributed by atoms with Crippen molar-refractivity contribution >= 4 is 0 Å². The predicted octanol–water partition coefficient (Wildman–Crippen LogP) is 3.26. The van der Waals surface area contributed by atoms with Crippen LogP contribution in [0.15, 0.2) is 24.3 Å². The molecule has 0 aliphatic rings. The highest BCUT2D eigenvalue weighted by Crippen LogP contribution is 2.22. The van der Waals surface area contributed by atoms with Crippen LogP contribution in [0.2, 0.25) is 0 Å². The van der Waals surface area contributed by atoms with Gasteiger partial charge in [-0.3, -0.25) is 0 Å². The van der Waals surface area contributed by atoms with Crippen LogP contribution in [0.4, 0.5) is 13.2 Å². The van der Waals surface area contributed by atoms with Gasteiger partial charge in [-0.1, -0.05) is 18.6 Å². The third kappa shape index (κ3) is 7.32. The van der Waals surface area contributed by atoms with E-state index in [0.717, 1.165) is 12.0 Å². The van der Waals surface area contributed by atoms with E-state index in [0.29, 0.717) is 13.0 Å². The van der Waals surface area contributed by atoms with Gasteiger partial charge in [0, 0.05) is 6.61 Å². The molecule has 1 atom stereocenters. The minimum atomic E-state index is -4.68. The Bertz CT molecular complexity index is 382. The number of nitrogens with one attached hydrogen (secondary N) is 1. The molecule has 1 unspecified atom stereocenters. The van der Waals surface area contributed by atoms with E-state index in [1.165, 1.54) is 24.3 Å². The van der Waals surface area contributed by atoms with Gasteiger partial charge in [-0.05, 0) is 30.7 Å². The Labute approximate surface area is 115 Å². The molecule has 20 heavy (non-hydrogen) atoms. The molecular formula is C13H18F3N2O2-. The number of rotatable bonds is 8. The van der Waals surface area contributed by atoms with Gasteiger partial charge < -0.3 is 20.9 Å². The summed E-state index contributed by atoms with van der Waals surface area (Å²) in [5, 5.41) is 0. The first-order chi connectivity index (χ1) is 9.40. The summed E-state index contributed by atoms with van der Waals surface area (Å²) in [6.45, 7) is 1.08. The van der Waals surface area contributed by atoms with Crippen molar-refractivity contribution in [3.05, 3.63) is 35.6 Å². The van der Waals surface area contributed by atoms with Gasteiger partial charge in [0.25, 0.3) is 0 Å². The molecule has 0 fully saturated rings. The normalized spacial score (nSPS) is 13.2. The third-order valence-electron chi connectivity index (χ3n) is 2.50. The second-order valence-corrected chi connectivity index (χ2v) is 4.33. The molecule has 0 bridgehead atoms. The van der Waals surface area contributed by atoms with Crippen molar-refractivity contribution in [2.75, 3.05) is 13.2 Å². The van der Waals surface area contributed by atoms with Crippen molar-refractivity contribution in [2.24, 2.45) is 5.73 Å². The molecule has 0 aromatic heterocycles. The zero-order valence-electron chi connectivity index (χ0n) is 11.0. The topological polar surface area (TPSA) is 68.3 Å². The van der Waals surface area contributed by atoms with Gasteiger partial charge in [0.05, 0.1) is 6.61 Å². The van der Waals surface area contributed by atoms with E-state index >= 15 is 0 Å². The highest BCUT2D eigenvalue weighted by atomic mass is 19.4. The number of nitrogens with two attached hydrogens (primary N) is 1. The maximum atomic E-state index is 12.0. The van der Waals surface area contributed by atoms with Crippen LogP contribution in [0.25, 0.3) is 5.73 Å². The fourth-order valence-corrected chi connectivity index (χ4v) is 1.55. The number of benzene rings is 1. The fourth-order valence-electron chi connectivity index (χ4n) is 1.55. The van der Waals surface area contributed by atoms with Gasteiger partial charge in [-0.25, -0.2) is 0 Å². The van der Waals surface area contributed by atoms with Crippen LogP contribution >= 0.6 is 0 Å². The molecule has 7 heteroatoms. The summed E-state index contributed by atoms with van der Waals surface area (Å²) in [6.07, 6.45) is -3.23. The first-order valence-corrected chi connectivity index (χ1v) is 6.24. The highest BCUT2D eigenvalue weighted by molar-refractivity contribution is 5.27. The van der Waals surface area contributed by atoms with Gasteiger partial charge in [0.2, 0.25) is 0 Å². The van der Waals surface area contributed by atoms with E-state index in [9.17, 15) is 13.2 Å². The maximum absolute atomic E-state index is 12.0. The van der Waals surface area contributed by atoms with Crippen LogP contribution in [0.5, 0.6) is 5.75 Å². The van der Waals surface area contributed by atoms with Crippen molar-refractivity contribution in [1.82, 2.24) is 0 Å². The van der Waals surface area contributed by atoms with Crippen molar-refractivity contribution in [1.29, 1.82) is 0 Å². The van der Waals surface area contributed by atoms with Gasteiger partial charge in [-0.2, -0.15) is 0 Å². The molecule has 1 aromatic rings. The smallest absolute Gasteiger partial charge is 0.573 e. The average Bonchev–Trinajstić information content (AvgIpc) is 2.37. The standard InChI is InChI=1S/C13H18F3N2O2/c14-13(15,16)20-12-5-3-10(4-6-12)8-19-9-11(18)2-1-7-17/h3-6,11,18H,1-2,7-9,17H2/q-1. The Morgan fingerprint density at radius 1 is 1.20 bits per heavy atom. The first kappa shape index (κ1) is 16.7. The van der Waals surface area contributed by atoms with E-state index in [1.807, 2.05) is 0 Å². The monoisotopic (exact) mass is 291 g/mol. The zero-order valence-corrected chi connectivity index (χ0v) is 11.0. The molecule has 1 rings (SSSR count). The van der Waals surface area contributed by atoms with E-state index in [4.69, 9.17) is 16.2 Å². The SMILES string of the molecule is [NH-]C(CCCN)COCc1ccc(OC(F)(F)F)cc1. The Morgan fingerprint density at radius 2 is 1.85 bits per heavy atom. The van der Waals surface area contributed by atoms with Gasteiger partial charge in [0.1, 0.15) is 5.75 Å². The van der Waals surface area contributed by atoms with E-state index < -0.39 is 6.36 Å². The second kappa shape index (κ2) is 8.08. The summed E-state index contributed by atoms with van der Waals surface area (Å²) in [6, 6.07) is 5.14. The molecule has 0 aliphatic carbocycles.